The van der Waals surface area contributed by atoms with Crippen molar-refractivity contribution in [2.75, 3.05) is 18.6 Å². The summed E-state index contributed by atoms with van der Waals surface area (Å²) >= 11 is 1.15. The molecule has 1 aliphatic heterocycles. The number of ether oxygens (including phenoxy) is 2. The number of halogens is 3. The highest BCUT2D eigenvalue weighted by Crippen LogP contribution is 2.40. The monoisotopic (exact) mass is 507 g/mol. The molecule has 11 heteroatoms. The van der Waals surface area contributed by atoms with Gasteiger partial charge >= 0.3 is 12.1 Å². The largest absolute Gasteiger partial charge is 0.521 e. The van der Waals surface area contributed by atoms with Crippen LogP contribution >= 0.6 is 11.3 Å². The third kappa shape index (κ3) is 5.15. The second kappa shape index (κ2) is 8.97. The lowest BCUT2D eigenvalue weighted by molar-refractivity contribution is -0.585. The number of carbonyl (C=O) groups is 2. The summed E-state index contributed by atoms with van der Waals surface area (Å²) in [7, 11) is 1.47. The molecule has 1 aliphatic rings. The van der Waals surface area contributed by atoms with Gasteiger partial charge in [-0.25, -0.2) is 4.79 Å². The first kappa shape index (κ1) is 24.7. The van der Waals surface area contributed by atoms with Gasteiger partial charge < -0.3 is 19.5 Å². The van der Waals surface area contributed by atoms with E-state index >= 15 is 0 Å². The molecule has 0 saturated heterocycles. The van der Waals surface area contributed by atoms with Crippen LogP contribution < -0.4 is 18.9 Å². The van der Waals surface area contributed by atoms with Gasteiger partial charge in [0.25, 0.3) is 5.91 Å². The first-order chi connectivity index (χ1) is 16.4. The predicted octanol–water partition coefficient (Wildman–Crippen LogP) is 4.22. The van der Waals surface area contributed by atoms with Gasteiger partial charge in [-0.3, -0.25) is 4.79 Å². The fraction of sp³-hybridized carbons (Fsp3) is 0.292. The van der Waals surface area contributed by atoms with Crippen LogP contribution in [0.1, 0.15) is 33.9 Å². The van der Waals surface area contributed by atoms with E-state index < -0.39 is 17.7 Å². The highest BCUT2D eigenvalue weighted by atomic mass is 32.1. The average Bonchev–Trinajstić information content (AvgIpc) is 3.35. The Morgan fingerprint density at radius 2 is 1.94 bits per heavy atom. The molecule has 0 fully saturated rings. The number of thiophene rings is 1. The molecule has 184 valence electrons. The second-order valence-corrected chi connectivity index (χ2v) is 9.65. The Kier molecular flexibility index (Phi) is 6.32. The number of pyridine rings is 1. The molecule has 35 heavy (non-hydrogen) atoms. The molecule has 1 aromatic carbocycles. The number of rotatable bonds is 6. The van der Waals surface area contributed by atoms with E-state index in [4.69, 9.17) is 9.47 Å². The highest BCUT2D eigenvalue weighted by Gasteiger charge is 2.47. The summed E-state index contributed by atoms with van der Waals surface area (Å²) in [6, 6.07) is 9.71. The van der Waals surface area contributed by atoms with E-state index in [9.17, 15) is 27.9 Å². The van der Waals surface area contributed by atoms with E-state index in [1.807, 2.05) is 0 Å². The van der Waals surface area contributed by atoms with E-state index in [0.717, 1.165) is 29.3 Å². The van der Waals surface area contributed by atoms with Crippen molar-refractivity contribution in [2.24, 2.45) is 0 Å². The Morgan fingerprint density at radius 1 is 1.20 bits per heavy atom. The number of anilines is 1. The lowest BCUT2D eigenvalue weighted by atomic mass is 10.2. The maximum absolute atomic E-state index is 13.1. The number of benzene rings is 1. The summed E-state index contributed by atoms with van der Waals surface area (Å²) in [6.45, 7) is 3.56. The summed E-state index contributed by atoms with van der Waals surface area (Å²) in [4.78, 5) is 27.3. The lowest BCUT2D eigenvalue weighted by Crippen LogP contribution is -2.50. The van der Waals surface area contributed by atoms with Crippen LogP contribution in [0.5, 0.6) is 11.5 Å². The molecule has 0 bridgehead atoms. The Labute approximate surface area is 202 Å². The topological polar surface area (TPSA) is 80.0 Å². The normalized spacial score (nSPS) is 13.7. The van der Waals surface area contributed by atoms with Gasteiger partial charge in [-0.15, -0.1) is 15.9 Å². The van der Waals surface area contributed by atoms with Gasteiger partial charge in [0.15, 0.2) is 23.9 Å². The Balaban J connectivity index is 1.56. The summed E-state index contributed by atoms with van der Waals surface area (Å²) in [6.07, 6.45) is -2.85. The Bertz CT molecular complexity index is 1300. The molecule has 1 N–H and O–H groups in total. The summed E-state index contributed by atoms with van der Waals surface area (Å²) in [5.41, 5.74) is 0.687. The summed E-state index contributed by atoms with van der Waals surface area (Å²) in [5, 5.41) is 9.88. The van der Waals surface area contributed by atoms with E-state index in [-0.39, 0.29) is 19.1 Å². The van der Waals surface area contributed by atoms with Gasteiger partial charge in [0.2, 0.25) is 0 Å². The molecule has 0 saturated carbocycles. The molecule has 0 unspecified atom stereocenters. The van der Waals surface area contributed by atoms with Crippen LogP contribution in [-0.4, -0.2) is 42.4 Å². The zero-order valence-corrected chi connectivity index (χ0v) is 19.9. The number of alkyl halides is 3. The summed E-state index contributed by atoms with van der Waals surface area (Å²) < 4.78 is 49.8. The molecule has 4 rings (SSSR count). The molecule has 2 aromatic heterocycles. The molecule has 3 heterocycles. The van der Waals surface area contributed by atoms with Gasteiger partial charge in [-0.2, -0.15) is 13.2 Å². The fourth-order valence-corrected chi connectivity index (χ4v) is 4.65. The standard InChI is InChI=1S/C24H22F3N2O5S/c1-23(2,32)13-34-17-7-6-16(10-18(17)33-3)29-12-15-9-19(35-20(15)21(29)30)14-5-4-8-28(11-14)22(31)24(25,26)27/h4-11,32H,12-13H2,1-3H3/q+1. The van der Waals surface area contributed by atoms with Crippen LogP contribution in [0.15, 0.2) is 48.8 Å². The third-order valence-corrected chi connectivity index (χ3v) is 6.39. The number of aliphatic hydroxyl groups is 1. The first-order valence-corrected chi connectivity index (χ1v) is 11.3. The van der Waals surface area contributed by atoms with Gasteiger partial charge in [0.1, 0.15) is 6.61 Å². The molecule has 3 aromatic rings. The number of amides is 1. The maximum Gasteiger partial charge on any atom is 0.521 e. The molecule has 0 spiro atoms. The minimum absolute atomic E-state index is 0.0550. The van der Waals surface area contributed by atoms with Crippen molar-refractivity contribution in [1.29, 1.82) is 0 Å². The molecule has 0 atom stereocenters. The van der Waals surface area contributed by atoms with Crippen molar-refractivity contribution in [1.82, 2.24) is 0 Å². The summed E-state index contributed by atoms with van der Waals surface area (Å²) in [5.74, 6) is -1.42. The smallest absolute Gasteiger partial charge is 0.493 e. The van der Waals surface area contributed by atoms with Gasteiger partial charge in [0.05, 0.1) is 29.7 Å². The number of fused-ring (bicyclic) bond motifs is 1. The van der Waals surface area contributed by atoms with Crippen molar-refractivity contribution >= 4 is 28.8 Å². The molecular weight excluding hydrogens is 485 g/mol. The number of hydrogen-bond donors (Lipinski definition) is 1. The number of nitrogens with zero attached hydrogens (tertiary/aromatic N) is 2. The second-order valence-electron chi connectivity index (χ2n) is 8.60. The van der Waals surface area contributed by atoms with Crippen LogP contribution in [0.4, 0.5) is 18.9 Å². The minimum Gasteiger partial charge on any atom is -0.493 e. The third-order valence-electron chi connectivity index (χ3n) is 5.18. The van der Waals surface area contributed by atoms with Crippen LogP contribution in [0.2, 0.25) is 0 Å². The molecule has 0 radical (unpaired) electrons. The SMILES string of the molecule is COc1cc(N2Cc3cc(-c4ccc[n+](C(=O)C(F)(F)F)c4)sc3C2=O)ccc1OCC(C)(C)O. The average molecular weight is 508 g/mol. The van der Waals surface area contributed by atoms with Crippen LogP contribution in [0.3, 0.4) is 0 Å². The Hall–Kier alpha value is -3.44. The Morgan fingerprint density at radius 3 is 2.57 bits per heavy atom. The van der Waals surface area contributed by atoms with E-state index in [0.29, 0.717) is 37.1 Å². The quantitative estimate of drug-likeness (QED) is 0.506. The fourth-order valence-electron chi connectivity index (χ4n) is 3.53. The van der Waals surface area contributed by atoms with Crippen LogP contribution in [0.25, 0.3) is 10.4 Å². The highest BCUT2D eigenvalue weighted by molar-refractivity contribution is 7.17. The first-order valence-electron chi connectivity index (χ1n) is 10.5. The molecular formula is C24H22F3N2O5S+. The van der Waals surface area contributed by atoms with E-state index in [1.54, 1.807) is 49.1 Å². The number of hydrogen-bond acceptors (Lipinski definition) is 6. The van der Waals surface area contributed by atoms with Crippen LogP contribution in [-0.2, 0) is 6.54 Å². The lowest BCUT2D eigenvalue weighted by Gasteiger charge is -2.21. The molecule has 0 aliphatic carbocycles. The van der Waals surface area contributed by atoms with Gasteiger partial charge in [0, 0.05) is 22.7 Å². The number of aromatic nitrogens is 1. The number of carbonyl (C=O) groups excluding carboxylic acids is 2. The van der Waals surface area contributed by atoms with Crippen LogP contribution in [0, 0.1) is 0 Å². The molecule has 7 nitrogen and oxygen atoms in total. The van der Waals surface area contributed by atoms with E-state index in [2.05, 4.69) is 0 Å². The van der Waals surface area contributed by atoms with Crippen molar-refractivity contribution in [3.63, 3.8) is 0 Å². The zero-order valence-electron chi connectivity index (χ0n) is 19.0. The van der Waals surface area contributed by atoms with Gasteiger partial charge in [-0.05, 0) is 43.7 Å². The zero-order chi connectivity index (χ0) is 25.5. The predicted molar refractivity (Wildman–Crippen MR) is 122 cm³/mol. The number of methoxy groups -OCH3 is 1. The van der Waals surface area contributed by atoms with Gasteiger partial charge in [-0.1, -0.05) is 0 Å². The van der Waals surface area contributed by atoms with Crippen molar-refractivity contribution < 1.29 is 41.9 Å². The van der Waals surface area contributed by atoms with E-state index in [1.165, 1.54) is 13.2 Å². The van der Waals surface area contributed by atoms with Crippen molar-refractivity contribution in [3.8, 4) is 21.9 Å². The maximum atomic E-state index is 13.1. The molecule has 1 amide bonds. The van der Waals surface area contributed by atoms with Crippen molar-refractivity contribution in [3.05, 3.63) is 59.2 Å². The van der Waals surface area contributed by atoms with Crippen molar-refractivity contribution in [2.45, 2.75) is 32.2 Å². The minimum atomic E-state index is -4.99.